The van der Waals surface area contributed by atoms with Gasteiger partial charge in [-0.15, -0.1) is 0 Å². The summed E-state index contributed by atoms with van der Waals surface area (Å²) >= 11 is 8.99. The highest BCUT2D eigenvalue weighted by atomic mass is 35.5. The summed E-state index contributed by atoms with van der Waals surface area (Å²) in [5.41, 5.74) is 5.00. The number of fused-ring (bicyclic) bond motifs is 2. The Bertz CT molecular complexity index is 1680. The fourth-order valence-electron chi connectivity index (χ4n) is 3.87. The molecular weight excluding hydrogens is 500 g/mol. The van der Waals surface area contributed by atoms with Gasteiger partial charge in [0.1, 0.15) is 0 Å². The lowest BCUT2D eigenvalue weighted by atomic mass is 10.1. The predicted octanol–water partition coefficient (Wildman–Crippen LogP) is 6.30. The molecule has 1 amide bonds. The second-order valence-corrected chi connectivity index (χ2v) is 10.7. The van der Waals surface area contributed by atoms with Crippen molar-refractivity contribution in [2.24, 2.45) is 0 Å². The quantitative estimate of drug-likeness (QED) is 0.217. The van der Waals surface area contributed by atoms with Crippen molar-refractivity contribution >= 4 is 66.9 Å². The van der Waals surface area contributed by atoms with E-state index in [0.29, 0.717) is 31.9 Å². The molecule has 2 heterocycles. The zero-order valence-corrected chi connectivity index (χ0v) is 21.6. The van der Waals surface area contributed by atoms with E-state index in [9.17, 15) is 9.59 Å². The summed E-state index contributed by atoms with van der Waals surface area (Å²) in [6, 6.07) is 16.7. The predicted molar refractivity (Wildman–Crippen MR) is 146 cm³/mol. The molecule has 35 heavy (non-hydrogen) atoms. The number of halogens is 1. The molecule has 2 aromatic heterocycles. The number of thioether (sulfide) groups is 1. The van der Waals surface area contributed by atoms with Gasteiger partial charge in [-0.3, -0.25) is 14.2 Å². The molecule has 0 saturated heterocycles. The standard InChI is InChI=1S/C26H21ClN4O2S2/c1-14-10-16(3)23-21(11-14)35-25(30-23)29-22(32)13-34-26-28-20-7-5-4-6-18(20)24(33)31(26)17-9-8-15(2)19(27)12-17/h4-12H,13H2,1-3H3,(H,29,30,32). The number of carbonyl (C=O) groups excluding carboxylic acids is 1. The molecule has 9 heteroatoms. The zero-order chi connectivity index (χ0) is 24.7. The van der Waals surface area contributed by atoms with E-state index in [1.165, 1.54) is 27.7 Å². The number of rotatable bonds is 5. The molecule has 5 aromatic rings. The number of hydrogen-bond donors (Lipinski definition) is 1. The van der Waals surface area contributed by atoms with Gasteiger partial charge < -0.3 is 5.32 Å². The maximum Gasteiger partial charge on any atom is 0.266 e. The number of nitrogens with zero attached hydrogens (tertiary/aromatic N) is 3. The molecule has 1 N–H and O–H groups in total. The topological polar surface area (TPSA) is 76.9 Å². The number of benzene rings is 3. The molecule has 5 rings (SSSR count). The van der Waals surface area contributed by atoms with Crippen LogP contribution in [0.1, 0.15) is 16.7 Å². The van der Waals surface area contributed by atoms with Gasteiger partial charge in [0.25, 0.3) is 5.56 Å². The lowest BCUT2D eigenvalue weighted by Crippen LogP contribution is -2.23. The summed E-state index contributed by atoms with van der Waals surface area (Å²) in [5.74, 6) is -0.155. The van der Waals surface area contributed by atoms with Gasteiger partial charge in [0.2, 0.25) is 5.91 Å². The van der Waals surface area contributed by atoms with Gasteiger partial charge in [-0.2, -0.15) is 0 Å². The van der Waals surface area contributed by atoms with E-state index in [2.05, 4.69) is 27.4 Å². The van der Waals surface area contributed by atoms with Crippen molar-refractivity contribution in [3.63, 3.8) is 0 Å². The van der Waals surface area contributed by atoms with Gasteiger partial charge in [-0.25, -0.2) is 9.97 Å². The van der Waals surface area contributed by atoms with Crippen LogP contribution in [-0.2, 0) is 4.79 Å². The Labute approximate surface area is 215 Å². The van der Waals surface area contributed by atoms with Gasteiger partial charge >= 0.3 is 0 Å². The highest BCUT2D eigenvalue weighted by Crippen LogP contribution is 2.30. The third kappa shape index (κ3) is 4.69. The lowest BCUT2D eigenvalue weighted by Gasteiger charge is -2.14. The van der Waals surface area contributed by atoms with Crippen LogP contribution in [0.5, 0.6) is 0 Å². The molecule has 3 aromatic carbocycles. The number of aryl methyl sites for hydroxylation is 3. The van der Waals surface area contributed by atoms with Crippen molar-refractivity contribution in [1.29, 1.82) is 0 Å². The summed E-state index contributed by atoms with van der Waals surface area (Å²) in [4.78, 5) is 35.5. The summed E-state index contributed by atoms with van der Waals surface area (Å²) in [6.45, 7) is 5.95. The number of amides is 1. The lowest BCUT2D eigenvalue weighted by molar-refractivity contribution is -0.113. The Morgan fingerprint density at radius 1 is 1.06 bits per heavy atom. The summed E-state index contributed by atoms with van der Waals surface area (Å²) in [5, 5.41) is 4.90. The largest absolute Gasteiger partial charge is 0.301 e. The first-order chi connectivity index (χ1) is 16.8. The number of hydrogen-bond acceptors (Lipinski definition) is 6. The molecule has 0 aliphatic carbocycles. The highest BCUT2D eigenvalue weighted by Gasteiger charge is 2.16. The average Bonchev–Trinajstić information content (AvgIpc) is 3.22. The minimum Gasteiger partial charge on any atom is -0.301 e. The smallest absolute Gasteiger partial charge is 0.266 e. The SMILES string of the molecule is Cc1cc(C)c2nc(NC(=O)CSc3nc4ccccc4c(=O)n3-c3ccc(C)c(Cl)c3)sc2c1. The Balaban J connectivity index is 1.45. The third-order valence-electron chi connectivity index (χ3n) is 5.57. The summed E-state index contributed by atoms with van der Waals surface area (Å²) in [7, 11) is 0. The van der Waals surface area contributed by atoms with Crippen LogP contribution in [0.25, 0.3) is 26.8 Å². The molecule has 6 nitrogen and oxygen atoms in total. The first-order valence-electron chi connectivity index (χ1n) is 10.9. The first-order valence-corrected chi connectivity index (χ1v) is 13.1. The molecule has 0 fully saturated rings. The van der Waals surface area contributed by atoms with Crippen molar-refractivity contribution in [2.45, 2.75) is 25.9 Å². The molecule has 0 saturated carbocycles. The summed E-state index contributed by atoms with van der Waals surface area (Å²) in [6.07, 6.45) is 0. The molecule has 0 radical (unpaired) electrons. The van der Waals surface area contributed by atoms with Crippen LogP contribution in [0.4, 0.5) is 5.13 Å². The molecule has 176 valence electrons. The number of thiazole rings is 1. The number of nitrogens with one attached hydrogen (secondary N) is 1. The minimum atomic E-state index is -0.223. The maximum absolute atomic E-state index is 13.4. The Hall–Kier alpha value is -3.20. The Kier molecular flexibility index (Phi) is 6.35. The van der Waals surface area contributed by atoms with Gasteiger partial charge in [0.05, 0.1) is 32.6 Å². The van der Waals surface area contributed by atoms with Crippen LogP contribution in [0.2, 0.25) is 5.02 Å². The van der Waals surface area contributed by atoms with E-state index in [1.54, 1.807) is 24.3 Å². The van der Waals surface area contributed by atoms with E-state index >= 15 is 0 Å². The second kappa shape index (κ2) is 9.45. The summed E-state index contributed by atoms with van der Waals surface area (Å²) < 4.78 is 2.54. The van der Waals surface area contributed by atoms with Crippen molar-refractivity contribution in [3.05, 3.63) is 86.7 Å². The molecule has 0 spiro atoms. The fraction of sp³-hybridized carbons (Fsp3) is 0.154. The monoisotopic (exact) mass is 520 g/mol. The zero-order valence-electron chi connectivity index (χ0n) is 19.3. The van der Waals surface area contributed by atoms with Crippen LogP contribution in [0.3, 0.4) is 0 Å². The van der Waals surface area contributed by atoms with Crippen molar-refractivity contribution in [3.8, 4) is 5.69 Å². The molecule has 0 bridgehead atoms. The maximum atomic E-state index is 13.4. The van der Waals surface area contributed by atoms with E-state index in [1.807, 2.05) is 39.0 Å². The number of para-hydroxylation sites is 1. The Morgan fingerprint density at radius 3 is 2.66 bits per heavy atom. The average molecular weight is 521 g/mol. The number of carbonyl (C=O) groups is 1. The van der Waals surface area contributed by atoms with E-state index in [-0.39, 0.29) is 17.2 Å². The second-order valence-electron chi connectivity index (χ2n) is 8.27. The van der Waals surface area contributed by atoms with Crippen LogP contribution < -0.4 is 10.9 Å². The van der Waals surface area contributed by atoms with Gasteiger partial charge in [0, 0.05) is 5.02 Å². The molecule has 0 aliphatic heterocycles. The Morgan fingerprint density at radius 2 is 1.86 bits per heavy atom. The van der Waals surface area contributed by atoms with Crippen molar-refractivity contribution in [2.75, 3.05) is 11.1 Å². The van der Waals surface area contributed by atoms with E-state index < -0.39 is 0 Å². The van der Waals surface area contributed by atoms with Crippen LogP contribution >= 0.6 is 34.7 Å². The molecule has 0 unspecified atom stereocenters. The van der Waals surface area contributed by atoms with Crippen LogP contribution in [0.15, 0.2) is 64.5 Å². The normalized spacial score (nSPS) is 11.3. The van der Waals surface area contributed by atoms with Gasteiger partial charge in [-0.1, -0.05) is 59.0 Å². The van der Waals surface area contributed by atoms with Crippen molar-refractivity contribution < 1.29 is 4.79 Å². The first kappa shape index (κ1) is 23.5. The minimum absolute atomic E-state index is 0.0678. The fourth-order valence-corrected chi connectivity index (χ4v) is 5.91. The van der Waals surface area contributed by atoms with Gasteiger partial charge in [-0.05, 0) is 67.8 Å². The molecular formula is C26H21ClN4O2S2. The number of anilines is 1. The third-order valence-corrected chi connectivity index (χ3v) is 7.83. The van der Waals surface area contributed by atoms with E-state index in [0.717, 1.165) is 26.9 Å². The van der Waals surface area contributed by atoms with Gasteiger partial charge in [0.15, 0.2) is 10.3 Å². The molecule has 0 aliphatic rings. The van der Waals surface area contributed by atoms with Crippen molar-refractivity contribution in [1.82, 2.24) is 14.5 Å². The van der Waals surface area contributed by atoms with Crippen LogP contribution in [-0.4, -0.2) is 26.2 Å². The van der Waals surface area contributed by atoms with Crippen LogP contribution in [0, 0.1) is 20.8 Å². The number of aromatic nitrogens is 3. The van der Waals surface area contributed by atoms with E-state index in [4.69, 9.17) is 11.6 Å². The highest BCUT2D eigenvalue weighted by molar-refractivity contribution is 7.99. The molecule has 0 atom stereocenters.